The van der Waals surface area contributed by atoms with Gasteiger partial charge in [-0.25, -0.2) is 0 Å². The standard InChI is InChI=1S/C62H104O6/c1-4-7-10-13-16-19-22-25-27-28-29-30-31-32-33-34-36-37-40-43-46-49-52-55-61(64)67-58-59(57-66-60(63)54-51-48-45-42-39-24-21-18-15-12-9-6-3)68-62(65)56-53-50-47-44-41-38-35-26-23-20-17-14-11-8-5-2/h8,11,17-18,20-22,25-26,28-29,35,41,44,50,53,59H,4-7,9-10,12-16,19,23-24,27,30-34,36-40,42-43,45-49,51-52,54-58H2,1-3H3/b11-8-,20-17-,21-18-,25-22-,29-28-,35-26-,44-41-,53-50-. The van der Waals surface area contributed by atoms with Gasteiger partial charge in [0.15, 0.2) is 6.10 Å². The summed E-state index contributed by atoms with van der Waals surface area (Å²) in [4.78, 5) is 38.0. The number of hydrogen-bond acceptors (Lipinski definition) is 6. The predicted octanol–water partition coefficient (Wildman–Crippen LogP) is 18.9. The number of carbonyl (C=O) groups excluding carboxylic acids is 3. The zero-order valence-electron chi connectivity index (χ0n) is 44.3. The Morgan fingerprint density at radius 3 is 1.01 bits per heavy atom. The van der Waals surface area contributed by atoms with Gasteiger partial charge >= 0.3 is 17.9 Å². The van der Waals surface area contributed by atoms with Crippen LogP contribution in [0, 0.1) is 0 Å². The highest BCUT2D eigenvalue weighted by molar-refractivity contribution is 5.72. The van der Waals surface area contributed by atoms with E-state index in [1.54, 1.807) is 6.08 Å². The van der Waals surface area contributed by atoms with Crippen molar-refractivity contribution in [2.24, 2.45) is 0 Å². The minimum Gasteiger partial charge on any atom is -0.462 e. The lowest BCUT2D eigenvalue weighted by atomic mass is 10.0. The van der Waals surface area contributed by atoms with Crippen molar-refractivity contribution in [2.75, 3.05) is 13.2 Å². The first-order valence-electron chi connectivity index (χ1n) is 28.2. The van der Waals surface area contributed by atoms with Gasteiger partial charge in [0.1, 0.15) is 13.2 Å². The van der Waals surface area contributed by atoms with Gasteiger partial charge in [-0.3, -0.25) is 14.4 Å². The average Bonchev–Trinajstić information content (AvgIpc) is 3.34. The van der Waals surface area contributed by atoms with Crippen LogP contribution in [0.5, 0.6) is 0 Å². The summed E-state index contributed by atoms with van der Waals surface area (Å²) in [6.45, 7) is 6.40. The molecule has 6 heteroatoms. The van der Waals surface area contributed by atoms with Crippen LogP contribution < -0.4 is 0 Å². The second-order valence-corrected chi connectivity index (χ2v) is 18.5. The highest BCUT2D eigenvalue weighted by Gasteiger charge is 2.19. The second kappa shape index (κ2) is 55.9. The minimum absolute atomic E-state index is 0.0935. The van der Waals surface area contributed by atoms with E-state index in [-0.39, 0.29) is 31.6 Å². The molecule has 0 rings (SSSR count). The van der Waals surface area contributed by atoms with E-state index in [1.807, 2.05) is 6.08 Å². The van der Waals surface area contributed by atoms with Crippen molar-refractivity contribution in [2.45, 2.75) is 264 Å². The summed E-state index contributed by atoms with van der Waals surface area (Å²) in [6.07, 6.45) is 74.3. The fourth-order valence-electron chi connectivity index (χ4n) is 7.60. The van der Waals surface area contributed by atoms with Crippen molar-refractivity contribution in [1.29, 1.82) is 0 Å². The number of ether oxygens (including phenoxy) is 3. The van der Waals surface area contributed by atoms with E-state index < -0.39 is 12.1 Å². The third-order valence-corrected chi connectivity index (χ3v) is 11.8. The molecule has 0 saturated carbocycles. The van der Waals surface area contributed by atoms with E-state index in [2.05, 4.69) is 106 Å². The number of allylic oxidation sites excluding steroid dienone is 15. The molecule has 0 aromatic heterocycles. The largest absolute Gasteiger partial charge is 0.462 e. The van der Waals surface area contributed by atoms with Crippen LogP contribution in [0.3, 0.4) is 0 Å². The van der Waals surface area contributed by atoms with Crippen molar-refractivity contribution in [3.63, 3.8) is 0 Å². The van der Waals surface area contributed by atoms with Crippen LogP contribution in [-0.2, 0) is 28.6 Å². The van der Waals surface area contributed by atoms with E-state index in [1.165, 1.54) is 128 Å². The van der Waals surface area contributed by atoms with Crippen molar-refractivity contribution >= 4 is 17.9 Å². The molecule has 0 radical (unpaired) electrons. The van der Waals surface area contributed by atoms with E-state index in [9.17, 15) is 14.4 Å². The van der Waals surface area contributed by atoms with Crippen LogP contribution in [-0.4, -0.2) is 37.2 Å². The molecule has 6 nitrogen and oxygen atoms in total. The zero-order chi connectivity index (χ0) is 49.3. The molecule has 0 spiro atoms. The van der Waals surface area contributed by atoms with E-state index >= 15 is 0 Å². The van der Waals surface area contributed by atoms with E-state index in [4.69, 9.17) is 14.2 Å². The molecular weight excluding hydrogens is 841 g/mol. The maximum atomic E-state index is 12.8. The lowest BCUT2D eigenvalue weighted by Crippen LogP contribution is -2.30. The summed E-state index contributed by atoms with van der Waals surface area (Å²) in [5.41, 5.74) is 0. The van der Waals surface area contributed by atoms with Gasteiger partial charge in [-0.15, -0.1) is 0 Å². The normalized spacial score (nSPS) is 12.8. The summed E-state index contributed by atoms with van der Waals surface area (Å²) in [7, 11) is 0. The summed E-state index contributed by atoms with van der Waals surface area (Å²) < 4.78 is 16.7. The van der Waals surface area contributed by atoms with Gasteiger partial charge in [0.25, 0.3) is 0 Å². The van der Waals surface area contributed by atoms with Gasteiger partial charge in [0.2, 0.25) is 0 Å². The molecule has 0 amide bonds. The first kappa shape index (κ1) is 64.3. The topological polar surface area (TPSA) is 78.9 Å². The van der Waals surface area contributed by atoms with Gasteiger partial charge in [0, 0.05) is 12.8 Å². The van der Waals surface area contributed by atoms with Crippen LogP contribution in [0.1, 0.15) is 258 Å². The van der Waals surface area contributed by atoms with Crippen LogP contribution in [0.4, 0.5) is 0 Å². The SMILES string of the molecule is CC/C=C\C/C=C\C/C=C\C/C=C\C/C=C\CC(=O)OC(COC(=O)CCCCCCC/C=C\CCCCC)COC(=O)CCCCCCCCCCCCC/C=C\C/C=C\CCCCCCC. The molecule has 388 valence electrons. The fraction of sp³-hybridized carbons (Fsp3) is 0.694. The molecule has 0 aliphatic carbocycles. The van der Waals surface area contributed by atoms with Crippen molar-refractivity contribution < 1.29 is 28.6 Å². The van der Waals surface area contributed by atoms with Crippen molar-refractivity contribution in [1.82, 2.24) is 0 Å². The number of carbonyl (C=O) groups is 3. The van der Waals surface area contributed by atoms with Crippen LogP contribution >= 0.6 is 0 Å². The molecule has 1 atom stereocenters. The summed E-state index contributed by atoms with van der Waals surface area (Å²) in [5.74, 6) is -1.06. The monoisotopic (exact) mass is 945 g/mol. The van der Waals surface area contributed by atoms with Gasteiger partial charge < -0.3 is 14.2 Å². The van der Waals surface area contributed by atoms with Crippen LogP contribution in [0.25, 0.3) is 0 Å². The molecule has 0 aromatic rings. The lowest BCUT2D eigenvalue weighted by Gasteiger charge is -2.18. The molecule has 0 aromatic carbocycles. The lowest BCUT2D eigenvalue weighted by molar-refractivity contribution is -0.166. The summed E-state index contributed by atoms with van der Waals surface area (Å²) >= 11 is 0. The number of unbranched alkanes of at least 4 members (excludes halogenated alkanes) is 24. The Kier molecular flexibility index (Phi) is 52.9. The highest BCUT2D eigenvalue weighted by Crippen LogP contribution is 2.14. The molecular formula is C62H104O6. The van der Waals surface area contributed by atoms with Gasteiger partial charge in [-0.05, 0) is 103 Å². The zero-order valence-corrected chi connectivity index (χ0v) is 44.3. The quantitative estimate of drug-likeness (QED) is 0.0262. The smallest absolute Gasteiger partial charge is 0.310 e. The Bertz CT molecular complexity index is 1360. The minimum atomic E-state index is -0.836. The number of rotatable bonds is 50. The van der Waals surface area contributed by atoms with E-state index in [0.717, 1.165) is 89.9 Å². The van der Waals surface area contributed by atoms with Gasteiger partial charge in [-0.2, -0.15) is 0 Å². The van der Waals surface area contributed by atoms with Crippen molar-refractivity contribution in [3.05, 3.63) is 97.2 Å². The first-order valence-corrected chi connectivity index (χ1v) is 28.2. The molecule has 68 heavy (non-hydrogen) atoms. The maximum Gasteiger partial charge on any atom is 0.310 e. The molecule has 0 saturated heterocycles. The van der Waals surface area contributed by atoms with Crippen LogP contribution in [0.15, 0.2) is 97.2 Å². The number of hydrogen-bond donors (Lipinski definition) is 0. The molecule has 1 unspecified atom stereocenters. The molecule has 0 aliphatic rings. The van der Waals surface area contributed by atoms with Crippen molar-refractivity contribution in [3.8, 4) is 0 Å². The fourth-order valence-corrected chi connectivity index (χ4v) is 7.60. The van der Waals surface area contributed by atoms with Crippen LogP contribution in [0.2, 0.25) is 0 Å². The molecule has 0 heterocycles. The molecule has 0 aliphatic heterocycles. The molecule has 0 fully saturated rings. The second-order valence-electron chi connectivity index (χ2n) is 18.5. The Labute approximate surface area is 419 Å². The summed E-state index contributed by atoms with van der Waals surface area (Å²) in [6, 6.07) is 0. The Balaban J connectivity index is 4.40. The summed E-state index contributed by atoms with van der Waals surface area (Å²) in [5, 5.41) is 0. The third-order valence-electron chi connectivity index (χ3n) is 11.8. The van der Waals surface area contributed by atoms with Gasteiger partial charge in [-0.1, -0.05) is 234 Å². The third kappa shape index (κ3) is 53.3. The highest BCUT2D eigenvalue weighted by atomic mass is 16.6. The predicted molar refractivity (Wildman–Crippen MR) is 293 cm³/mol. The maximum absolute atomic E-state index is 12.8. The first-order chi connectivity index (χ1) is 33.5. The number of esters is 3. The Morgan fingerprint density at radius 2 is 0.618 bits per heavy atom. The Hall–Kier alpha value is -3.67. The molecule has 0 N–H and O–H groups in total. The molecule has 0 bridgehead atoms. The van der Waals surface area contributed by atoms with E-state index in [0.29, 0.717) is 12.8 Å². The average molecular weight is 946 g/mol. The Morgan fingerprint density at radius 1 is 0.324 bits per heavy atom. The van der Waals surface area contributed by atoms with Gasteiger partial charge in [0.05, 0.1) is 6.42 Å².